The van der Waals surface area contributed by atoms with Gasteiger partial charge in [0.25, 0.3) is 0 Å². The lowest BCUT2D eigenvalue weighted by atomic mass is 9.81. The van der Waals surface area contributed by atoms with E-state index in [1.807, 2.05) is 24.3 Å². The number of hydrogen-bond donors (Lipinski definition) is 1. The Bertz CT molecular complexity index is 491. The van der Waals surface area contributed by atoms with Crippen molar-refractivity contribution < 1.29 is 9.59 Å². The average Bonchev–Trinajstić information content (AvgIpc) is 3.17. The molecule has 0 aromatic heterocycles. The molecule has 0 bridgehead atoms. The molecule has 0 spiro atoms. The number of nitrogens with one attached hydrogen (secondary N) is 1. The van der Waals surface area contributed by atoms with Crippen LogP contribution < -0.4 is 5.32 Å². The van der Waals surface area contributed by atoms with Gasteiger partial charge in [-0.1, -0.05) is 24.3 Å². The minimum atomic E-state index is -0.126. The molecule has 0 heterocycles. The van der Waals surface area contributed by atoms with Crippen molar-refractivity contribution >= 4 is 11.7 Å². The Morgan fingerprint density at radius 3 is 2.78 bits per heavy atom. The van der Waals surface area contributed by atoms with Crippen molar-refractivity contribution in [1.29, 1.82) is 0 Å². The molecular formula is C15H17NO2. The van der Waals surface area contributed by atoms with Crippen LogP contribution in [-0.2, 0) is 11.2 Å². The van der Waals surface area contributed by atoms with Gasteiger partial charge in [-0.2, -0.15) is 0 Å². The molecule has 1 unspecified atom stereocenters. The summed E-state index contributed by atoms with van der Waals surface area (Å²) in [6.45, 7) is 0. The number of fused-ring (bicyclic) bond motifs is 1. The normalized spacial score (nSPS) is 22.4. The molecule has 18 heavy (non-hydrogen) atoms. The largest absolute Gasteiger partial charge is 0.353 e. The summed E-state index contributed by atoms with van der Waals surface area (Å²) in [5, 5.41) is 2.95. The summed E-state index contributed by atoms with van der Waals surface area (Å²) in [5.74, 6) is 0.0525. The van der Waals surface area contributed by atoms with Crippen molar-refractivity contribution in [2.75, 3.05) is 0 Å². The third kappa shape index (κ3) is 2.30. The molecule has 1 fully saturated rings. The summed E-state index contributed by atoms with van der Waals surface area (Å²) in [7, 11) is 0. The van der Waals surface area contributed by atoms with Crippen molar-refractivity contribution in [2.45, 2.75) is 38.1 Å². The van der Waals surface area contributed by atoms with Gasteiger partial charge in [-0.05, 0) is 31.2 Å². The number of ketones is 1. The van der Waals surface area contributed by atoms with E-state index < -0.39 is 0 Å². The Kier molecular flexibility index (Phi) is 2.90. The first-order valence-electron chi connectivity index (χ1n) is 6.65. The summed E-state index contributed by atoms with van der Waals surface area (Å²) >= 11 is 0. The zero-order valence-corrected chi connectivity index (χ0v) is 10.3. The first-order valence-corrected chi connectivity index (χ1v) is 6.65. The molecule has 1 aromatic carbocycles. The Labute approximate surface area is 107 Å². The standard InChI is InChI=1S/C15H17NO2/c17-14(16-12-7-8-12)9-11-6-5-10-3-1-2-4-13(10)15(11)18/h1-4,11-12H,5-9H2,(H,16,17). The van der Waals surface area contributed by atoms with E-state index in [1.165, 1.54) is 0 Å². The molecule has 2 aliphatic carbocycles. The number of carbonyl (C=O) groups is 2. The highest BCUT2D eigenvalue weighted by molar-refractivity contribution is 6.01. The molecule has 1 atom stereocenters. The van der Waals surface area contributed by atoms with E-state index in [2.05, 4.69) is 5.32 Å². The Morgan fingerprint density at radius 1 is 1.22 bits per heavy atom. The lowest BCUT2D eigenvalue weighted by Gasteiger charge is -2.22. The van der Waals surface area contributed by atoms with Crippen LogP contribution in [-0.4, -0.2) is 17.7 Å². The molecule has 2 aliphatic rings. The number of carbonyl (C=O) groups excluding carboxylic acids is 2. The third-order valence-corrected chi connectivity index (χ3v) is 3.79. The summed E-state index contributed by atoms with van der Waals surface area (Å²) in [6, 6.07) is 8.12. The molecule has 0 radical (unpaired) electrons. The first kappa shape index (κ1) is 11.5. The highest BCUT2D eigenvalue weighted by Gasteiger charge is 2.30. The second-order valence-corrected chi connectivity index (χ2v) is 5.30. The fourth-order valence-electron chi connectivity index (χ4n) is 2.59. The summed E-state index contributed by atoms with van der Waals surface area (Å²) in [4.78, 5) is 24.0. The second-order valence-electron chi connectivity index (χ2n) is 5.30. The maximum Gasteiger partial charge on any atom is 0.220 e. The SMILES string of the molecule is O=C(CC1CCc2ccccc2C1=O)NC1CC1. The lowest BCUT2D eigenvalue weighted by Crippen LogP contribution is -2.32. The minimum Gasteiger partial charge on any atom is -0.353 e. The predicted octanol–water partition coefficient (Wildman–Crippen LogP) is 2.10. The smallest absolute Gasteiger partial charge is 0.220 e. The van der Waals surface area contributed by atoms with Crippen LogP contribution in [0.3, 0.4) is 0 Å². The maximum absolute atomic E-state index is 12.3. The van der Waals surface area contributed by atoms with Crippen molar-refractivity contribution in [3.8, 4) is 0 Å². The fraction of sp³-hybridized carbons (Fsp3) is 0.467. The zero-order chi connectivity index (χ0) is 12.5. The highest BCUT2D eigenvalue weighted by atomic mass is 16.2. The molecule has 1 amide bonds. The van der Waals surface area contributed by atoms with E-state index in [4.69, 9.17) is 0 Å². The van der Waals surface area contributed by atoms with Crippen LogP contribution in [0.15, 0.2) is 24.3 Å². The average molecular weight is 243 g/mol. The third-order valence-electron chi connectivity index (χ3n) is 3.79. The topological polar surface area (TPSA) is 46.2 Å². The van der Waals surface area contributed by atoms with Gasteiger partial charge >= 0.3 is 0 Å². The number of Topliss-reactive ketones (excluding diaryl/α,β-unsaturated/α-hetero) is 1. The first-order chi connectivity index (χ1) is 8.74. The van der Waals surface area contributed by atoms with Gasteiger partial charge in [-0.3, -0.25) is 9.59 Å². The number of rotatable bonds is 3. The molecule has 0 aliphatic heterocycles. The van der Waals surface area contributed by atoms with Crippen LogP contribution in [0.1, 0.15) is 41.6 Å². The highest BCUT2D eigenvalue weighted by Crippen LogP contribution is 2.28. The van der Waals surface area contributed by atoms with Crippen LogP contribution in [0.25, 0.3) is 0 Å². The van der Waals surface area contributed by atoms with E-state index in [-0.39, 0.29) is 17.6 Å². The van der Waals surface area contributed by atoms with Crippen LogP contribution in [0.4, 0.5) is 0 Å². The Morgan fingerprint density at radius 2 is 2.00 bits per heavy atom. The van der Waals surface area contributed by atoms with Crippen LogP contribution in [0.5, 0.6) is 0 Å². The lowest BCUT2D eigenvalue weighted by molar-refractivity contribution is -0.122. The fourth-order valence-corrected chi connectivity index (χ4v) is 2.59. The number of hydrogen-bond acceptors (Lipinski definition) is 2. The summed E-state index contributed by atoms with van der Waals surface area (Å²) in [6.07, 6.45) is 4.24. The van der Waals surface area contributed by atoms with Crippen molar-refractivity contribution in [1.82, 2.24) is 5.32 Å². The molecular weight excluding hydrogens is 226 g/mol. The van der Waals surface area contributed by atoms with E-state index in [0.717, 1.165) is 36.8 Å². The van der Waals surface area contributed by atoms with Gasteiger partial charge in [0.05, 0.1) is 0 Å². The van der Waals surface area contributed by atoms with Gasteiger partial charge in [0.2, 0.25) is 5.91 Å². The minimum absolute atomic E-state index is 0.0373. The predicted molar refractivity (Wildman–Crippen MR) is 68.4 cm³/mol. The van der Waals surface area contributed by atoms with Crippen LogP contribution >= 0.6 is 0 Å². The maximum atomic E-state index is 12.3. The van der Waals surface area contributed by atoms with Gasteiger partial charge in [-0.25, -0.2) is 0 Å². The molecule has 1 aromatic rings. The molecule has 3 heteroatoms. The molecule has 94 valence electrons. The summed E-state index contributed by atoms with van der Waals surface area (Å²) < 4.78 is 0. The van der Waals surface area contributed by atoms with Gasteiger partial charge in [0.1, 0.15) is 0 Å². The zero-order valence-electron chi connectivity index (χ0n) is 10.3. The van der Waals surface area contributed by atoms with Gasteiger partial charge in [0.15, 0.2) is 5.78 Å². The number of benzene rings is 1. The molecule has 3 nitrogen and oxygen atoms in total. The van der Waals surface area contributed by atoms with E-state index >= 15 is 0 Å². The van der Waals surface area contributed by atoms with Crippen molar-refractivity contribution in [3.63, 3.8) is 0 Å². The monoisotopic (exact) mass is 243 g/mol. The van der Waals surface area contributed by atoms with Gasteiger partial charge in [-0.15, -0.1) is 0 Å². The van der Waals surface area contributed by atoms with E-state index in [1.54, 1.807) is 0 Å². The molecule has 1 N–H and O–H groups in total. The van der Waals surface area contributed by atoms with Crippen molar-refractivity contribution in [2.24, 2.45) is 5.92 Å². The molecule has 3 rings (SSSR count). The number of aryl methyl sites for hydroxylation is 1. The quantitative estimate of drug-likeness (QED) is 0.883. The second kappa shape index (κ2) is 4.56. The number of amides is 1. The van der Waals surface area contributed by atoms with E-state index in [9.17, 15) is 9.59 Å². The molecule has 0 saturated heterocycles. The summed E-state index contributed by atoms with van der Waals surface area (Å²) in [5.41, 5.74) is 1.94. The van der Waals surface area contributed by atoms with Gasteiger partial charge in [0, 0.05) is 23.9 Å². The Hall–Kier alpha value is -1.64. The molecule has 1 saturated carbocycles. The van der Waals surface area contributed by atoms with E-state index in [0.29, 0.717) is 12.5 Å². The Balaban J connectivity index is 1.68. The van der Waals surface area contributed by atoms with Crippen LogP contribution in [0.2, 0.25) is 0 Å². The van der Waals surface area contributed by atoms with Crippen LogP contribution in [0, 0.1) is 5.92 Å². The van der Waals surface area contributed by atoms with Gasteiger partial charge < -0.3 is 5.32 Å². The van der Waals surface area contributed by atoms with Crippen molar-refractivity contribution in [3.05, 3.63) is 35.4 Å².